The zero-order valence-corrected chi connectivity index (χ0v) is 16.5. The van der Waals surface area contributed by atoms with Gasteiger partial charge >= 0.3 is 0 Å². The molecule has 3 rings (SSSR count). The van der Waals surface area contributed by atoms with Crippen molar-refractivity contribution in [2.75, 3.05) is 26.3 Å². The summed E-state index contributed by atoms with van der Waals surface area (Å²) in [7, 11) is 0. The van der Waals surface area contributed by atoms with Crippen LogP contribution in [0.5, 0.6) is 0 Å². The van der Waals surface area contributed by atoms with Gasteiger partial charge in [0, 0.05) is 37.4 Å². The van der Waals surface area contributed by atoms with Crippen LogP contribution < -0.4 is 10.9 Å². The zero-order chi connectivity index (χ0) is 19.2. The Morgan fingerprint density at radius 2 is 2.30 bits per heavy atom. The number of hydrogen-bond donors (Lipinski definition) is 3. The minimum Gasteiger partial charge on any atom is -0.396 e. The van der Waals surface area contributed by atoms with Crippen molar-refractivity contribution in [2.45, 2.75) is 38.8 Å². The number of pyridine rings is 1. The summed E-state index contributed by atoms with van der Waals surface area (Å²) in [4.78, 5) is 17.4. The molecule has 0 amide bonds. The minimum atomic E-state index is -0.107. The predicted molar refractivity (Wildman–Crippen MR) is 111 cm³/mol. The summed E-state index contributed by atoms with van der Waals surface area (Å²) in [6.45, 7) is 4.54. The average Bonchev–Trinajstić information content (AvgIpc) is 3.17. The van der Waals surface area contributed by atoms with Gasteiger partial charge in [0.1, 0.15) is 0 Å². The molecule has 1 fully saturated rings. The number of benzene rings is 1. The molecule has 1 atom stereocenters. The molecule has 0 unspecified atom stereocenters. The molecule has 0 aliphatic carbocycles. The van der Waals surface area contributed by atoms with E-state index in [-0.39, 0.29) is 18.3 Å². The minimum absolute atomic E-state index is 0.0816. The van der Waals surface area contributed by atoms with Crippen molar-refractivity contribution >= 4 is 28.2 Å². The van der Waals surface area contributed by atoms with Crippen molar-refractivity contribution in [3.63, 3.8) is 0 Å². The van der Waals surface area contributed by atoms with Gasteiger partial charge in [0.15, 0.2) is 5.11 Å². The molecule has 2 aromatic rings. The van der Waals surface area contributed by atoms with E-state index in [0.29, 0.717) is 36.7 Å². The monoisotopic (exact) mass is 389 g/mol. The van der Waals surface area contributed by atoms with Gasteiger partial charge < -0.3 is 25.0 Å². The van der Waals surface area contributed by atoms with Crippen LogP contribution in [0.3, 0.4) is 0 Å². The molecular weight excluding hydrogens is 362 g/mol. The molecule has 1 aliphatic rings. The number of aliphatic hydroxyl groups is 1. The first-order chi connectivity index (χ1) is 13.1. The number of aliphatic hydroxyl groups excluding tert-OH is 1. The molecule has 1 saturated heterocycles. The molecule has 0 bridgehead atoms. The zero-order valence-electron chi connectivity index (χ0n) is 15.7. The van der Waals surface area contributed by atoms with E-state index < -0.39 is 0 Å². The number of thiocarbonyl (C=S) groups is 1. The van der Waals surface area contributed by atoms with E-state index in [1.165, 1.54) is 0 Å². The Morgan fingerprint density at radius 3 is 3.04 bits per heavy atom. The van der Waals surface area contributed by atoms with Crippen molar-refractivity contribution in [3.8, 4) is 0 Å². The van der Waals surface area contributed by atoms with Crippen molar-refractivity contribution < 1.29 is 9.84 Å². The maximum Gasteiger partial charge on any atom is 0.253 e. The lowest BCUT2D eigenvalue weighted by Gasteiger charge is -2.26. The van der Waals surface area contributed by atoms with Crippen molar-refractivity contribution in [1.29, 1.82) is 0 Å². The molecule has 1 aromatic heterocycles. The molecule has 3 N–H and O–H groups in total. The van der Waals surface area contributed by atoms with Gasteiger partial charge in [-0.1, -0.05) is 12.1 Å². The molecule has 0 saturated carbocycles. The summed E-state index contributed by atoms with van der Waals surface area (Å²) >= 11 is 5.54. The van der Waals surface area contributed by atoms with Crippen LogP contribution in [0.2, 0.25) is 0 Å². The van der Waals surface area contributed by atoms with Gasteiger partial charge in [-0.15, -0.1) is 0 Å². The largest absolute Gasteiger partial charge is 0.396 e. The van der Waals surface area contributed by atoms with Gasteiger partial charge in [-0.05, 0) is 61.5 Å². The third kappa shape index (κ3) is 5.28. The van der Waals surface area contributed by atoms with E-state index >= 15 is 0 Å². The average molecular weight is 390 g/mol. The Morgan fingerprint density at radius 1 is 1.44 bits per heavy atom. The number of fused-ring (bicyclic) bond motifs is 1. The number of nitrogens with zero attached hydrogens (tertiary/aromatic N) is 1. The van der Waals surface area contributed by atoms with Gasteiger partial charge in [-0.3, -0.25) is 4.79 Å². The van der Waals surface area contributed by atoms with Gasteiger partial charge in [-0.2, -0.15) is 0 Å². The van der Waals surface area contributed by atoms with Crippen LogP contribution in [0.1, 0.15) is 30.4 Å². The molecule has 1 aliphatic heterocycles. The summed E-state index contributed by atoms with van der Waals surface area (Å²) in [6.07, 6.45) is 2.90. The maximum atomic E-state index is 12.5. The van der Waals surface area contributed by atoms with Crippen LogP contribution in [0, 0.1) is 6.92 Å². The van der Waals surface area contributed by atoms with Crippen molar-refractivity contribution in [1.82, 2.24) is 15.2 Å². The number of aromatic amines is 1. The van der Waals surface area contributed by atoms with Crippen LogP contribution in [0.25, 0.3) is 10.9 Å². The number of aromatic nitrogens is 1. The Bertz CT molecular complexity index is 846. The van der Waals surface area contributed by atoms with Gasteiger partial charge in [0.25, 0.3) is 5.56 Å². The third-order valence-electron chi connectivity index (χ3n) is 4.82. The van der Waals surface area contributed by atoms with E-state index in [1.54, 1.807) is 0 Å². The fraction of sp³-hybridized carbons (Fsp3) is 0.500. The fourth-order valence-corrected chi connectivity index (χ4v) is 3.55. The van der Waals surface area contributed by atoms with Crippen molar-refractivity contribution in [3.05, 3.63) is 45.7 Å². The van der Waals surface area contributed by atoms with Gasteiger partial charge in [0.05, 0.1) is 12.6 Å². The molecule has 1 aromatic carbocycles. The highest BCUT2D eigenvalue weighted by Crippen LogP contribution is 2.15. The number of rotatable bonds is 7. The Kier molecular flexibility index (Phi) is 6.82. The van der Waals surface area contributed by atoms with E-state index in [4.69, 9.17) is 17.0 Å². The lowest BCUT2D eigenvalue weighted by atomic mass is 10.1. The Labute approximate surface area is 164 Å². The predicted octanol–water partition coefficient (Wildman–Crippen LogP) is 2.07. The van der Waals surface area contributed by atoms with Crippen LogP contribution in [-0.4, -0.2) is 52.5 Å². The first kappa shape index (κ1) is 19.8. The molecule has 146 valence electrons. The van der Waals surface area contributed by atoms with Crippen LogP contribution >= 0.6 is 12.2 Å². The first-order valence-corrected chi connectivity index (χ1v) is 9.85. The number of nitrogens with one attached hydrogen (secondary N) is 2. The number of hydrogen-bond acceptors (Lipinski definition) is 4. The maximum absolute atomic E-state index is 12.5. The number of H-pyrrole nitrogens is 1. The number of aryl methyl sites for hydroxylation is 1. The highest BCUT2D eigenvalue weighted by Gasteiger charge is 2.18. The number of ether oxygens (including phenoxy) is 1. The standard InChI is InChI=1S/C20H27N3O3S/c1-14-5-6-15-11-16(19(25)22-18(15)10-14)13-23(7-3-8-24)20(27)21-12-17-4-2-9-26-17/h5-6,10-11,17,24H,2-4,7-9,12-13H2,1H3,(H,21,27)(H,22,25)/t17-/m1/s1. The van der Waals surface area contributed by atoms with Crippen molar-refractivity contribution in [2.24, 2.45) is 0 Å². The molecule has 0 spiro atoms. The van der Waals surface area contributed by atoms with Gasteiger partial charge in [-0.25, -0.2) is 0 Å². The molecular formula is C20H27N3O3S. The Balaban J connectivity index is 1.73. The molecule has 27 heavy (non-hydrogen) atoms. The Hall–Kier alpha value is -1.96. The fourth-order valence-electron chi connectivity index (χ4n) is 3.32. The molecule has 0 radical (unpaired) electrons. The van der Waals surface area contributed by atoms with E-state index in [2.05, 4.69) is 10.3 Å². The molecule has 2 heterocycles. The summed E-state index contributed by atoms with van der Waals surface area (Å²) in [5, 5.41) is 14.0. The third-order valence-corrected chi connectivity index (χ3v) is 5.22. The highest BCUT2D eigenvalue weighted by atomic mass is 32.1. The smallest absolute Gasteiger partial charge is 0.253 e. The van der Waals surface area contributed by atoms with Crippen LogP contribution in [0.15, 0.2) is 29.1 Å². The quantitative estimate of drug-likeness (QED) is 0.630. The lowest BCUT2D eigenvalue weighted by Crippen LogP contribution is -2.43. The summed E-state index contributed by atoms with van der Waals surface area (Å²) in [5.74, 6) is 0. The topological polar surface area (TPSA) is 77.6 Å². The molecule has 6 nitrogen and oxygen atoms in total. The van der Waals surface area contributed by atoms with Crippen LogP contribution in [-0.2, 0) is 11.3 Å². The van der Waals surface area contributed by atoms with Gasteiger partial charge in [0.2, 0.25) is 0 Å². The second-order valence-corrected chi connectivity index (χ2v) is 7.42. The summed E-state index contributed by atoms with van der Waals surface area (Å²) in [6, 6.07) is 7.93. The SMILES string of the molecule is Cc1ccc2cc(CN(CCCO)C(=S)NC[C@H]3CCCO3)c(=O)[nH]c2c1. The lowest BCUT2D eigenvalue weighted by molar-refractivity contribution is 0.113. The van der Waals surface area contributed by atoms with E-state index in [9.17, 15) is 9.90 Å². The summed E-state index contributed by atoms with van der Waals surface area (Å²) < 4.78 is 5.62. The van der Waals surface area contributed by atoms with E-state index in [0.717, 1.165) is 35.9 Å². The van der Waals surface area contributed by atoms with Crippen LogP contribution in [0.4, 0.5) is 0 Å². The summed E-state index contributed by atoms with van der Waals surface area (Å²) in [5.41, 5.74) is 2.49. The molecule has 7 heteroatoms. The second-order valence-electron chi connectivity index (χ2n) is 7.03. The second kappa shape index (κ2) is 9.30. The first-order valence-electron chi connectivity index (χ1n) is 9.44. The highest BCUT2D eigenvalue weighted by molar-refractivity contribution is 7.80. The normalized spacial score (nSPS) is 16.6. The van der Waals surface area contributed by atoms with E-state index in [1.807, 2.05) is 36.1 Å².